The molecule has 3 aromatic rings. The molecule has 0 spiro atoms. The van der Waals surface area contributed by atoms with Crippen LogP contribution in [-0.4, -0.2) is 23.7 Å². The molecule has 0 aliphatic carbocycles. The summed E-state index contributed by atoms with van der Waals surface area (Å²) in [7, 11) is 1.60. The number of rotatable bonds is 5. The van der Waals surface area contributed by atoms with Crippen LogP contribution in [0.3, 0.4) is 0 Å². The second-order valence-corrected chi connectivity index (χ2v) is 6.05. The quantitative estimate of drug-likeness (QED) is 0.682. The Bertz CT molecular complexity index is 987. The van der Waals surface area contributed by atoms with Crippen molar-refractivity contribution in [3.8, 4) is 17.6 Å². The first-order valence-electron chi connectivity index (χ1n) is 8.45. The number of allylic oxidation sites excluding steroid dienone is 1. The van der Waals surface area contributed by atoms with Crippen molar-refractivity contribution in [1.29, 1.82) is 5.26 Å². The molecule has 5 nitrogen and oxygen atoms in total. The molecule has 0 aliphatic rings. The molecular weight excluding hydrogens is 326 g/mol. The average Bonchev–Trinajstić information content (AvgIpc) is 3.03. The lowest BCUT2D eigenvalue weighted by Crippen LogP contribution is -1.95. The normalized spacial score (nSPS) is 11.4. The van der Waals surface area contributed by atoms with Crippen molar-refractivity contribution in [3.63, 3.8) is 0 Å². The van der Waals surface area contributed by atoms with Gasteiger partial charge in [0.2, 0.25) is 0 Å². The summed E-state index contributed by atoms with van der Waals surface area (Å²) >= 11 is 0. The Morgan fingerprint density at radius 3 is 2.65 bits per heavy atom. The van der Waals surface area contributed by atoms with Crippen molar-refractivity contribution in [3.05, 3.63) is 52.8 Å². The number of imidazole rings is 1. The van der Waals surface area contributed by atoms with Gasteiger partial charge in [-0.15, -0.1) is 0 Å². The van der Waals surface area contributed by atoms with Gasteiger partial charge in [0, 0.05) is 0 Å². The van der Waals surface area contributed by atoms with Crippen LogP contribution in [0.15, 0.2) is 30.3 Å². The van der Waals surface area contributed by atoms with Crippen LogP contribution in [0.2, 0.25) is 0 Å². The number of nitriles is 1. The van der Waals surface area contributed by atoms with Gasteiger partial charge in [0.25, 0.3) is 0 Å². The Balaban J connectivity index is 2.03. The fourth-order valence-electron chi connectivity index (χ4n) is 2.77. The molecule has 0 aliphatic heterocycles. The summed E-state index contributed by atoms with van der Waals surface area (Å²) in [4.78, 5) is 7.81. The molecule has 2 aromatic carbocycles. The van der Waals surface area contributed by atoms with E-state index in [4.69, 9.17) is 9.47 Å². The minimum Gasteiger partial charge on any atom is -0.493 e. The lowest BCUT2D eigenvalue weighted by atomic mass is 10.1. The van der Waals surface area contributed by atoms with E-state index in [9.17, 15) is 5.26 Å². The van der Waals surface area contributed by atoms with Crippen molar-refractivity contribution < 1.29 is 9.47 Å². The highest BCUT2D eigenvalue weighted by atomic mass is 16.5. The third-order valence-corrected chi connectivity index (χ3v) is 4.27. The molecule has 0 fully saturated rings. The molecule has 1 aromatic heterocycles. The Kier molecular flexibility index (Phi) is 4.94. The van der Waals surface area contributed by atoms with E-state index in [0.29, 0.717) is 29.5 Å². The van der Waals surface area contributed by atoms with Gasteiger partial charge in [0.1, 0.15) is 11.9 Å². The number of hydrogen-bond acceptors (Lipinski definition) is 4. The monoisotopic (exact) mass is 347 g/mol. The van der Waals surface area contributed by atoms with Crippen LogP contribution in [0.5, 0.6) is 11.5 Å². The predicted octanol–water partition coefficient (Wildman–Crippen LogP) is 4.65. The summed E-state index contributed by atoms with van der Waals surface area (Å²) in [6.07, 6.45) is 1.79. The van der Waals surface area contributed by atoms with Crippen molar-refractivity contribution >= 4 is 22.7 Å². The minimum absolute atomic E-state index is 0.462. The smallest absolute Gasteiger partial charge is 0.161 e. The molecule has 1 heterocycles. The highest BCUT2D eigenvalue weighted by Gasteiger charge is 2.10. The van der Waals surface area contributed by atoms with Gasteiger partial charge in [-0.05, 0) is 67.8 Å². The van der Waals surface area contributed by atoms with Gasteiger partial charge in [-0.2, -0.15) is 5.26 Å². The number of methoxy groups -OCH3 is 1. The number of aryl methyl sites for hydroxylation is 2. The summed E-state index contributed by atoms with van der Waals surface area (Å²) in [5, 5.41) is 9.61. The van der Waals surface area contributed by atoms with Crippen LogP contribution < -0.4 is 9.47 Å². The van der Waals surface area contributed by atoms with Crippen LogP contribution in [-0.2, 0) is 0 Å². The van der Waals surface area contributed by atoms with E-state index in [2.05, 4.69) is 36.0 Å². The maximum absolute atomic E-state index is 9.61. The Hall–Kier alpha value is -3.26. The van der Waals surface area contributed by atoms with Gasteiger partial charge in [0.05, 0.1) is 30.3 Å². The summed E-state index contributed by atoms with van der Waals surface area (Å²) in [6.45, 7) is 6.57. The van der Waals surface area contributed by atoms with Gasteiger partial charge >= 0.3 is 0 Å². The zero-order valence-corrected chi connectivity index (χ0v) is 15.4. The molecule has 26 heavy (non-hydrogen) atoms. The van der Waals surface area contributed by atoms with Crippen molar-refractivity contribution in [2.45, 2.75) is 20.8 Å². The minimum atomic E-state index is 0.462. The van der Waals surface area contributed by atoms with Gasteiger partial charge < -0.3 is 14.5 Å². The number of hydrogen-bond donors (Lipinski definition) is 1. The first-order valence-corrected chi connectivity index (χ1v) is 8.45. The van der Waals surface area contributed by atoms with Crippen molar-refractivity contribution in [2.24, 2.45) is 0 Å². The van der Waals surface area contributed by atoms with E-state index in [1.807, 2.05) is 31.2 Å². The number of ether oxygens (including phenoxy) is 2. The number of nitrogens with zero attached hydrogens (tertiary/aromatic N) is 2. The van der Waals surface area contributed by atoms with Crippen LogP contribution in [0.4, 0.5) is 0 Å². The second kappa shape index (κ2) is 7.32. The van der Waals surface area contributed by atoms with E-state index < -0.39 is 0 Å². The molecule has 0 atom stereocenters. The van der Waals surface area contributed by atoms with E-state index >= 15 is 0 Å². The van der Waals surface area contributed by atoms with Crippen molar-refractivity contribution in [2.75, 3.05) is 13.7 Å². The van der Waals surface area contributed by atoms with Crippen LogP contribution in [0.25, 0.3) is 22.7 Å². The molecule has 0 bridgehead atoms. The number of nitrogens with one attached hydrogen (secondary N) is 1. The van der Waals surface area contributed by atoms with Crippen LogP contribution in [0.1, 0.15) is 29.4 Å². The number of aromatic nitrogens is 2. The average molecular weight is 347 g/mol. The topological polar surface area (TPSA) is 70.9 Å². The molecule has 132 valence electrons. The Labute approximate surface area is 152 Å². The SMILES string of the molecule is CCOc1cc(/C=C(\C#N)c2nc3cc(C)c(C)cc3[nH]2)ccc1OC. The second-order valence-electron chi connectivity index (χ2n) is 6.05. The van der Waals surface area contributed by atoms with Gasteiger partial charge in [-0.25, -0.2) is 4.98 Å². The number of fused-ring (bicyclic) bond motifs is 1. The third-order valence-electron chi connectivity index (χ3n) is 4.27. The molecule has 0 unspecified atom stereocenters. The summed E-state index contributed by atoms with van der Waals surface area (Å²) in [5.74, 6) is 1.87. The van der Waals surface area contributed by atoms with E-state index in [-0.39, 0.29) is 0 Å². The molecule has 1 N–H and O–H groups in total. The van der Waals surface area contributed by atoms with E-state index in [1.165, 1.54) is 11.1 Å². The first kappa shape index (κ1) is 17.6. The number of benzene rings is 2. The molecule has 0 radical (unpaired) electrons. The van der Waals surface area contributed by atoms with Crippen LogP contribution >= 0.6 is 0 Å². The maximum Gasteiger partial charge on any atom is 0.161 e. The highest BCUT2D eigenvalue weighted by Crippen LogP contribution is 2.30. The molecule has 0 saturated carbocycles. The third kappa shape index (κ3) is 3.40. The fourth-order valence-corrected chi connectivity index (χ4v) is 2.77. The highest BCUT2D eigenvalue weighted by molar-refractivity contribution is 5.90. The largest absolute Gasteiger partial charge is 0.493 e. The van der Waals surface area contributed by atoms with E-state index in [1.54, 1.807) is 13.2 Å². The fraction of sp³-hybridized carbons (Fsp3) is 0.238. The molecular formula is C21H21N3O2. The summed E-state index contributed by atoms with van der Waals surface area (Å²) in [5.41, 5.74) is 5.45. The lowest BCUT2D eigenvalue weighted by Gasteiger charge is -2.09. The Morgan fingerprint density at radius 1 is 1.19 bits per heavy atom. The number of aromatic amines is 1. The predicted molar refractivity (Wildman–Crippen MR) is 103 cm³/mol. The van der Waals surface area contributed by atoms with E-state index in [0.717, 1.165) is 16.6 Å². The lowest BCUT2D eigenvalue weighted by molar-refractivity contribution is 0.311. The van der Waals surface area contributed by atoms with Gasteiger partial charge in [-0.3, -0.25) is 0 Å². The molecule has 5 heteroatoms. The zero-order chi connectivity index (χ0) is 18.7. The van der Waals surface area contributed by atoms with Gasteiger partial charge in [-0.1, -0.05) is 6.07 Å². The zero-order valence-electron chi connectivity index (χ0n) is 15.4. The van der Waals surface area contributed by atoms with Crippen molar-refractivity contribution in [1.82, 2.24) is 9.97 Å². The number of H-pyrrole nitrogens is 1. The standard InChI is InChI=1S/C21H21N3O2/c1-5-26-20-11-15(6-7-19(20)25-4)10-16(12-22)21-23-17-8-13(2)14(3)9-18(17)24-21/h6-11H,5H2,1-4H3,(H,23,24)/b16-10+. The first-order chi connectivity index (χ1) is 12.5. The van der Waals surface area contributed by atoms with Crippen LogP contribution in [0, 0.1) is 25.2 Å². The summed E-state index contributed by atoms with van der Waals surface area (Å²) in [6, 6.07) is 11.9. The van der Waals surface area contributed by atoms with Gasteiger partial charge in [0.15, 0.2) is 11.5 Å². The summed E-state index contributed by atoms with van der Waals surface area (Å²) < 4.78 is 10.9. The molecule has 0 amide bonds. The maximum atomic E-state index is 9.61. The Morgan fingerprint density at radius 2 is 1.96 bits per heavy atom. The molecule has 0 saturated heterocycles. The molecule has 3 rings (SSSR count).